The van der Waals surface area contributed by atoms with E-state index in [9.17, 15) is 50.0 Å². The molecule has 1 saturated heterocycles. The fourth-order valence-corrected chi connectivity index (χ4v) is 12.4. The summed E-state index contributed by atoms with van der Waals surface area (Å²) in [5, 5.41) is 20.4. The zero-order chi connectivity index (χ0) is 55.9. The Balaban J connectivity index is 0.872. The van der Waals surface area contributed by atoms with Crippen LogP contribution in [-0.2, 0) is 42.1 Å². The summed E-state index contributed by atoms with van der Waals surface area (Å²) < 4.78 is 134. The maximum absolute atomic E-state index is 16.0. The second-order valence-corrected chi connectivity index (χ2v) is 21.5. The third-order valence-electron chi connectivity index (χ3n) is 13.8. The largest absolute Gasteiger partial charge is 0.435 e. The molecule has 10 rings (SSSR count). The fraction of sp³-hybridized carbons (Fsp3) is 0.291. The molecular weight excluding hydrogens is 1080 g/mol. The summed E-state index contributed by atoms with van der Waals surface area (Å²) in [5.74, 6) is -5.55. The number of aryl methyl sites for hydroxylation is 1. The second-order valence-electron chi connectivity index (χ2n) is 19.2. The molecule has 0 radical (unpaired) electrons. The van der Waals surface area contributed by atoms with Gasteiger partial charge in [-0.2, -0.15) is 41.8 Å². The summed E-state index contributed by atoms with van der Waals surface area (Å²) in [6.45, 7) is 1.48. The van der Waals surface area contributed by atoms with Gasteiger partial charge in [0.05, 0.1) is 25.5 Å². The van der Waals surface area contributed by atoms with Gasteiger partial charge in [0, 0.05) is 95.5 Å². The molecule has 13 nitrogen and oxygen atoms in total. The number of nitriles is 1. The highest BCUT2D eigenvalue weighted by Gasteiger charge is 2.42. The molecule has 0 saturated carbocycles. The summed E-state index contributed by atoms with van der Waals surface area (Å²) in [4.78, 5) is 42.8. The Bertz CT molecular complexity index is 3640. The Morgan fingerprint density at radius 3 is 2.10 bits per heavy atom. The lowest BCUT2D eigenvalue weighted by Gasteiger charge is -2.33. The van der Waals surface area contributed by atoms with E-state index in [2.05, 4.69) is 37.5 Å². The van der Waals surface area contributed by atoms with Crippen LogP contribution in [0.25, 0.3) is 32.8 Å². The Morgan fingerprint density at radius 1 is 0.797 bits per heavy atom. The van der Waals surface area contributed by atoms with E-state index in [1.165, 1.54) is 53.6 Å². The normalized spacial score (nSPS) is 17.6. The predicted molar refractivity (Wildman–Crippen MR) is 276 cm³/mol. The minimum absolute atomic E-state index is 0.00220. The lowest BCUT2D eigenvalue weighted by molar-refractivity contribution is -0.141. The second kappa shape index (κ2) is 22.1. The molecule has 7 aromatic rings. The quantitative estimate of drug-likeness (QED) is 0.100. The van der Waals surface area contributed by atoms with Crippen molar-refractivity contribution in [1.82, 2.24) is 44.6 Å². The number of aromatic nitrogens is 5. The van der Waals surface area contributed by atoms with Crippen molar-refractivity contribution in [3.63, 3.8) is 0 Å². The van der Waals surface area contributed by atoms with Crippen LogP contribution in [0.2, 0.25) is 0 Å². The van der Waals surface area contributed by atoms with E-state index in [4.69, 9.17) is 0 Å². The number of halogens is 9. The minimum Gasteiger partial charge on any atom is -0.333 e. The zero-order valence-electron chi connectivity index (χ0n) is 41.9. The van der Waals surface area contributed by atoms with Gasteiger partial charge in [0.15, 0.2) is 27.9 Å². The van der Waals surface area contributed by atoms with Gasteiger partial charge in [-0.3, -0.25) is 19.3 Å². The maximum Gasteiger partial charge on any atom is 0.435 e. The molecular formula is C55H45F9N11O2S2+. The molecule has 2 amide bonds. The van der Waals surface area contributed by atoms with E-state index < -0.39 is 75.7 Å². The van der Waals surface area contributed by atoms with Crippen molar-refractivity contribution in [1.29, 1.82) is 5.26 Å². The molecule has 1 N–H and O–H groups in total. The molecule has 0 spiro atoms. The number of alkyl halides is 6. The first kappa shape index (κ1) is 54.5. The first-order valence-corrected chi connectivity index (χ1v) is 26.3. The number of rotatable bonds is 11. The zero-order valence-corrected chi connectivity index (χ0v) is 43.6. The van der Waals surface area contributed by atoms with Gasteiger partial charge in [0.25, 0.3) is 0 Å². The van der Waals surface area contributed by atoms with Crippen LogP contribution in [0, 0.1) is 34.9 Å². The smallest absolute Gasteiger partial charge is 0.333 e. The van der Waals surface area contributed by atoms with Crippen molar-refractivity contribution in [3.8, 4) is 40.1 Å². The molecule has 1 fully saturated rings. The number of nitrogens with zero attached hydrogens (tertiary/aromatic N) is 10. The Morgan fingerprint density at radius 2 is 1.43 bits per heavy atom. The van der Waals surface area contributed by atoms with Crippen LogP contribution in [0.3, 0.4) is 0 Å². The molecule has 3 atom stereocenters. The van der Waals surface area contributed by atoms with Crippen molar-refractivity contribution >= 4 is 34.5 Å². The van der Waals surface area contributed by atoms with E-state index in [0.29, 0.717) is 48.4 Å². The average Bonchev–Trinajstić information content (AvgIpc) is 4.32. The first-order chi connectivity index (χ1) is 37.7. The van der Waals surface area contributed by atoms with Crippen LogP contribution >= 0.6 is 22.7 Å². The third-order valence-corrected chi connectivity index (χ3v) is 15.9. The van der Waals surface area contributed by atoms with Crippen LogP contribution in [-0.4, -0.2) is 97.0 Å². The predicted octanol–water partition coefficient (Wildman–Crippen LogP) is 10.9. The lowest BCUT2D eigenvalue weighted by Crippen LogP contribution is -2.37. The lowest BCUT2D eigenvalue weighted by atomic mass is 9.83. The van der Waals surface area contributed by atoms with Gasteiger partial charge in [0.1, 0.15) is 22.5 Å². The first-order valence-electron chi connectivity index (χ1n) is 24.6. The van der Waals surface area contributed by atoms with Crippen molar-refractivity contribution in [3.05, 3.63) is 179 Å². The van der Waals surface area contributed by atoms with E-state index in [1.807, 2.05) is 0 Å². The maximum atomic E-state index is 16.0. The number of carbonyl (C=O) groups excluding carboxylic acids is 2. The van der Waals surface area contributed by atoms with Crippen LogP contribution in [0.5, 0.6) is 0 Å². The number of hydrogen-bond acceptors (Lipinski definition) is 10. The monoisotopic (exact) mass is 1130 g/mol. The minimum atomic E-state index is -5.05. The van der Waals surface area contributed by atoms with Crippen LogP contribution in [0.4, 0.5) is 39.5 Å². The summed E-state index contributed by atoms with van der Waals surface area (Å²) >= 11 is 2.45. The van der Waals surface area contributed by atoms with Gasteiger partial charge < -0.3 is 15.1 Å². The Hall–Kier alpha value is -7.90. The number of pyridine rings is 1. The van der Waals surface area contributed by atoms with E-state index >= 15 is 4.39 Å². The van der Waals surface area contributed by atoms with E-state index in [-0.39, 0.29) is 68.0 Å². The van der Waals surface area contributed by atoms with Gasteiger partial charge in [0.2, 0.25) is 11.8 Å². The molecule has 2 aromatic carbocycles. The summed E-state index contributed by atoms with van der Waals surface area (Å²) in [7, 11) is 3.07. The highest BCUT2D eigenvalue weighted by molar-refractivity contribution is 7.13. The van der Waals surface area contributed by atoms with Gasteiger partial charge in [-0.15, -0.1) is 22.7 Å². The number of carbonyl (C=O) groups is 2. The summed E-state index contributed by atoms with van der Waals surface area (Å²) in [6.07, 6.45) is 1.52. The molecule has 79 heavy (non-hydrogen) atoms. The number of likely N-dealkylation sites (N-methyl/N-ethyl adjacent to an activating group) is 1. The molecule has 3 aliphatic rings. The molecule has 0 aliphatic carbocycles. The van der Waals surface area contributed by atoms with Crippen molar-refractivity contribution in [2.75, 3.05) is 39.9 Å². The van der Waals surface area contributed by atoms with Gasteiger partial charge in [-0.1, -0.05) is 53.4 Å². The summed E-state index contributed by atoms with van der Waals surface area (Å²) in [5.41, 5.74) is -2.68. The number of thiophene rings is 2. The average molecular weight is 1130 g/mol. The topological polar surface area (TPSA) is 133 Å². The fourth-order valence-electron chi connectivity index (χ4n) is 10.3. The van der Waals surface area contributed by atoms with E-state index in [0.717, 1.165) is 58.7 Å². The van der Waals surface area contributed by atoms with Crippen molar-refractivity contribution in [2.45, 2.75) is 56.2 Å². The molecule has 3 aliphatic heterocycles. The molecule has 8 heterocycles. The third kappa shape index (κ3) is 11.4. The van der Waals surface area contributed by atoms with Crippen molar-refractivity contribution in [2.24, 2.45) is 7.05 Å². The number of benzene rings is 2. The number of fused-ring (bicyclic) bond motifs is 2. The van der Waals surface area contributed by atoms with Gasteiger partial charge >= 0.3 is 25.1 Å². The molecule has 24 heteroatoms. The van der Waals surface area contributed by atoms with Crippen LogP contribution in [0.15, 0.2) is 104 Å². The molecule has 5 aromatic heterocycles. The molecule has 0 bridgehead atoms. The Kier molecular flexibility index (Phi) is 15.2. The van der Waals surface area contributed by atoms with Gasteiger partial charge in [-0.25, -0.2) is 22.8 Å². The standard InChI is InChI=1S/C55H45F9N11O2S2/c1-71(30-67-21-33-19-38-40(26-74(29-47(38)79-33)49(77)15-14-31-8-6-16-68-31)36-11-5-12-43(56)50(36)42-24-72(2)69-53(42)55(62,63)64)17-7-13-48(76)73-25-39(37-18-32(20-65)78-46(37)28-73)34-9-3-4-10-35(34)41-27-75(70-52(41)54(59,60)61)51-44(57)22-66-23-45(51)58/h3-5,7,9-15,18-19,22-24,27,31,39-40,68H,6,8,16-17,25-26,28-30H2,1-2H3/q+1/b13-7+,15-14+/t31-,39-,40-/m0/s1. The number of amides is 2. The molecule has 406 valence electrons. The number of hydrogen-bond donors (Lipinski definition) is 1. The Labute approximate surface area is 453 Å². The SMILES string of the molecule is CN(C/C=C/C(=O)N1Cc2sc(C#N)cc2[C@H](c2ccccc2-c2cn(-c3c(F)cncc3F)nc2C(F)(F)F)C1)C[N+]#Cc1cc2c(s1)CN(C(=O)/C=C/[C@@H]1CCCN1)C[C@H]2c1cccc(F)c1-c1cn(C)nc1C(F)(F)F. The van der Waals surface area contributed by atoms with Crippen LogP contribution in [0.1, 0.15) is 77.8 Å². The summed E-state index contributed by atoms with van der Waals surface area (Å²) in [6, 6.07) is 18.9. The molecule has 0 unspecified atom stereocenters. The van der Waals surface area contributed by atoms with Crippen LogP contribution < -0.4 is 5.32 Å². The highest BCUT2D eigenvalue weighted by atomic mass is 32.1. The van der Waals surface area contributed by atoms with Crippen molar-refractivity contribution < 1.29 is 49.1 Å². The highest BCUT2D eigenvalue weighted by Crippen LogP contribution is 2.47. The van der Waals surface area contributed by atoms with E-state index in [1.54, 1.807) is 59.3 Å². The number of nitrogens with one attached hydrogen (secondary N) is 1. The van der Waals surface area contributed by atoms with Gasteiger partial charge in [-0.05, 0) is 72.5 Å².